The molecule has 3 rings (SSSR count). The van der Waals surface area contributed by atoms with E-state index in [1.54, 1.807) is 25.0 Å². The Labute approximate surface area is 142 Å². The van der Waals surface area contributed by atoms with Crippen LogP contribution in [0.25, 0.3) is 5.70 Å². The maximum Gasteiger partial charge on any atom is 0.416 e. The largest absolute Gasteiger partial charge is 0.496 e. The second-order valence-corrected chi connectivity index (χ2v) is 5.50. The first-order valence-corrected chi connectivity index (χ1v) is 7.57. The number of alkyl halides is 3. The van der Waals surface area contributed by atoms with Crippen molar-refractivity contribution in [2.45, 2.75) is 6.18 Å². The number of benzene rings is 1. The van der Waals surface area contributed by atoms with E-state index in [2.05, 4.69) is 15.4 Å². The predicted molar refractivity (Wildman–Crippen MR) is 88.7 cm³/mol. The monoisotopic (exact) mass is 350 g/mol. The topological polar surface area (TPSA) is 51.4 Å². The van der Waals surface area contributed by atoms with Gasteiger partial charge in [0.15, 0.2) is 0 Å². The molecular weight excluding hydrogens is 333 g/mol. The number of aliphatic imine (C=N–C) groups is 1. The third kappa shape index (κ3) is 2.99. The van der Waals surface area contributed by atoms with Crippen molar-refractivity contribution in [1.82, 2.24) is 15.1 Å². The highest BCUT2D eigenvalue weighted by Gasteiger charge is 2.32. The van der Waals surface area contributed by atoms with E-state index < -0.39 is 11.7 Å². The molecule has 0 aliphatic carbocycles. The van der Waals surface area contributed by atoms with Crippen molar-refractivity contribution in [2.75, 3.05) is 20.7 Å². The van der Waals surface area contributed by atoms with Crippen LogP contribution >= 0.6 is 0 Å². The molecular formula is C17H17F3N4O. The van der Waals surface area contributed by atoms with E-state index in [4.69, 9.17) is 4.74 Å². The molecule has 0 atom stereocenters. The zero-order chi connectivity index (χ0) is 18.2. The molecule has 25 heavy (non-hydrogen) atoms. The maximum atomic E-state index is 13.0. The molecule has 1 aliphatic rings. The molecule has 0 amide bonds. The molecule has 2 aromatic rings. The number of nitrogens with zero attached hydrogens (tertiary/aromatic N) is 3. The summed E-state index contributed by atoms with van der Waals surface area (Å²) in [5.74, 6) is 0.122. The molecule has 1 aromatic heterocycles. The molecule has 0 bridgehead atoms. The Morgan fingerprint density at radius 3 is 2.64 bits per heavy atom. The number of ether oxygens (including phenoxy) is 1. The quantitative estimate of drug-likeness (QED) is 0.926. The highest BCUT2D eigenvalue weighted by atomic mass is 19.4. The van der Waals surface area contributed by atoms with Gasteiger partial charge in [0.2, 0.25) is 0 Å². The number of hydrogen-bond donors (Lipinski definition) is 1. The van der Waals surface area contributed by atoms with Gasteiger partial charge in [-0.1, -0.05) is 0 Å². The van der Waals surface area contributed by atoms with E-state index in [0.717, 1.165) is 29.1 Å². The molecule has 0 unspecified atom stereocenters. The minimum Gasteiger partial charge on any atom is -0.496 e. The van der Waals surface area contributed by atoms with E-state index in [1.165, 1.54) is 13.2 Å². The maximum absolute atomic E-state index is 13.0. The molecule has 132 valence electrons. The molecule has 2 heterocycles. The van der Waals surface area contributed by atoms with Crippen molar-refractivity contribution in [3.8, 4) is 5.75 Å². The number of aryl methyl sites for hydroxylation is 1. The number of halogens is 3. The van der Waals surface area contributed by atoms with E-state index in [9.17, 15) is 13.2 Å². The lowest BCUT2D eigenvalue weighted by atomic mass is 9.99. The first kappa shape index (κ1) is 17.1. The third-order valence-electron chi connectivity index (χ3n) is 4.05. The summed E-state index contributed by atoms with van der Waals surface area (Å²) < 4.78 is 45.8. The summed E-state index contributed by atoms with van der Waals surface area (Å²) in [6.45, 7) is 0.393. The second-order valence-electron chi connectivity index (χ2n) is 5.50. The van der Waals surface area contributed by atoms with Crippen LogP contribution in [0.1, 0.15) is 22.4 Å². The number of hydrogen-bond acceptors (Lipinski definition) is 4. The van der Waals surface area contributed by atoms with Crippen molar-refractivity contribution in [1.29, 1.82) is 0 Å². The first-order valence-electron chi connectivity index (χ1n) is 7.57. The number of aromatic nitrogens is 2. The van der Waals surface area contributed by atoms with Gasteiger partial charge >= 0.3 is 6.18 Å². The zero-order valence-electron chi connectivity index (χ0n) is 14.0. The highest BCUT2D eigenvalue weighted by Crippen LogP contribution is 2.35. The Kier molecular flexibility index (Phi) is 4.28. The zero-order valence-corrected chi connectivity index (χ0v) is 14.0. The fourth-order valence-corrected chi connectivity index (χ4v) is 2.85. The molecule has 1 aromatic carbocycles. The van der Waals surface area contributed by atoms with E-state index in [0.29, 0.717) is 17.8 Å². The number of fused-ring (bicyclic) bond motifs is 1. The van der Waals surface area contributed by atoms with Gasteiger partial charge in [-0.25, -0.2) is 0 Å². The molecule has 8 heteroatoms. The van der Waals surface area contributed by atoms with Crippen LogP contribution < -0.4 is 10.1 Å². The summed E-state index contributed by atoms with van der Waals surface area (Å²) in [4.78, 5) is 4.53. The van der Waals surface area contributed by atoms with Crippen molar-refractivity contribution in [3.05, 3.63) is 52.9 Å². The van der Waals surface area contributed by atoms with Gasteiger partial charge in [-0.3, -0.25) is 9.67 Å². The van der Waals surface area contributed by atoms with Crippen LogP contribution in [0.2, 0.25) is 0 Å². The molecule has 1 N–H and O–H groups in total. The molecule has 5 nitrogen and oxygen atoms in total. The Morgan fingerprint density at radius 2 is 2.00 bits per heavy atom. The van der Waals surface area contributed by atoms with Crippen LogP contribution in [-0.4, -0.2) is 36.2 Å². The average molecular weight is 350 g/mol. The Balaban J connectivity index is 2.15. The van der Waals surface area contributed by atoms with Gasteiger partial charge in [0.25, 0.3) is 0 Å². The van der Waals surface area contributed by atoms with Crippen molar-refractivity contribution >= 4 is 11.4 Å². The van der Waals surface area contributed by atoms with Gasteiger partial charge < -0.3 is 10.1 Å². The van der Waals surface area contributed by atoms with Crippen LogP contribution in [-0.2, 0) is 13.2 Å². The Hall–Kier alpha value is -2.77. The van der Waals surface area contributed by atoms with Gasteiger partial charge in [0, 0.05) is 25.2 Å². The molecule has 0 radical (unpaired) electrons. The molecule has 0 spiro atoms. The summed E-state index contributed by atoms with van der Waals surface area (Å²) in [5, 5.41) is 7.36. The van der Waals surface area contributed by atoms with Crippen molar-refractivity contribution in [2.24, 2.45) is 12.0 Å². The fraction of sp³-hybridized carbons (Fsp3) is 0.294. The van der Waals surface area contributed by atoms with Crippen LogP contribution in [0.15, 0.2) is 35.5 Å². The van der Waals surface area contributed by atoms with Crippen LogP contribution in [0.4, 0.5) is 13.2 Å². The van der Waals surface area contributed by atoms with Crippen LogP contribution in [0, 0.1) is 0 Å². The van der Waals surface area contributed by atoms with Crippen molar-refractivity contribution in [3.63, 3.8) is 0 Å². The lowest BCUT2D eigenvalue weighted by molar-refractivity contribution is -0.137. The summed E-state index contributed by atoms with van der Waals surface area (Å²) in [5.41, 5.74) is 2.70. The molecule has 0 saturated carbocycles. The van der Waals surface area contributed by atoms with Gasteiger partial charge in [-0.15, -0.1) is 0 Å². The lowest BCUT2D eigenvalue weighted by Crippen LogP contribution is -2.13. The Bertz CT molecular complexity index is 865. The number of rotatable bonds is 3. The van der Waals surface area contributed by atoms with E-state index in [1.807, 2.05) is 6.08 Å². The number of nitrogens with one attached hydrogen (secondary N) is 1. The predicted octanol–water partition coefficient (Wildman–Crippen LogP) is 2.86. The van der Waals surface area contributed by atoms with Crippen LogP contribution in [0.3, 0.4) is 0 Å². The minimum atomic E-state index is -4.43. The summed E-state index contributed by atoms with van der Waals surface area (Å²) in [6, 6.07) is 3.42. The first-order chi connectivity index (χ1) is 11.9. The normalized spacial score (nSPS) is 14.3. The summed E-state index contributed by atoms with van der Waals surface area (Å²) >= 11 is 0. The second kappa shape index (κ2) is 6.27. The smallest absolute Gasteiger partial charge is 0.416 e. The van der Waals surface area contributed by atoms with E-state index in [-0.39, 0.29) is 5.75 Å². The Morgan fingerprint density at radius 1 is 1.24 bits per heavy atom. The standard InChI is InChI=1S/C17H17F3N4O/c1-21-13-6-7-22-15(12-9-23-24(2)16(12)13)11-5-4-10(17(18,19)20)8-14(11)25-3/h4-6,8-9,21H,7H2,1-3H3. The van der Waals surface area contributed by atoms with Gasteiger partial charge in [0.05, 0.1) is 42.5 Å². The van der Waals surface area contributed by atoms with Gasteiger partial charge in [0.1, 0.15) is 5.75 Å². The molecule has 1 aliphatic heterocycles. The fourth-order valence-electron chi connectivity index (χ4n) is 2.85. The van der Waals surface area contributed by atoms with Gasteiger partial charge in [-0.05, 0) is 24.3 Å². The molecule has 0 fully saturated rings. The third-order valence-corrected chi connectivity index (χ3v) is 4.05. The summed E-state index contributed by atoms with van der Waals surface area (Å²) in [6.07, 6.45) is -0.872. The van der Waals surface area contributed by atoms with E-state index >= 15 is 0 Å². The SMILES string of the molecule is CNC1=CCN=C(c2ccc(C(F)(F)F)cc2OC)c2cnn(C)c21. The average Bonchev–Trinajstić information content (AvgIpc) is 2.85. The molecule has 0 saturated heterocycles. The minimum absolute atomic E-state index is 0.122. The van der Waals surface area contributed by atoms with Crippen LogP contribution in [0.5, 0.6) is 5.75 Å². The lowest BCUT2D eigenvalue weighted by Gasteiger charge is -2.14. The number of methoxy groups -OCH3 is 1. The highest BCUT2D eigenvalue weighted by molar-refractivity contribution is 6.16. The van der Waals surface area contributed by atoms with Crippen molar-refractivity contribution < 1.29 is 17.9 Å². The summed E-state index contributed by atoms with van der Waals surface area (Å²) in [7, 11) is 4.95. The van der Waals surface area contributed by atoms with Gasteiger partial charge in [-0.2, -0.15) is 18.3 Å².